The van der Waals surface area contributed by atoms with Crippen LogP contribution in [0, 0.1) is 0 Å². The number of nitrogens with two attached hydrogens (primary N) is 1. The molecule has 1 saturated heterocycles. The van der Waals surface area contributed by atoms with E-state index in [1.54, 1.807) is 18.7 Å². The summed E-state index contributed by atoms with van der Waals surface area (Å²) in [7, 11) is -3.68. The average molecular weight is 392 g/mol. The summed E-state index contributed by atoms with van der Waals surface area (Å²) < 4.78 is 27.0. The van der Waals surface area contributed by atoms with E-state index in [-0.39, 0.29) is 22.4 Å². The Hall–Kier alpha value is -2.23. The zero-order valence-electron chi connectivity index (χ0n) is 15.4. The van der Waals surface area contributed by atoms with Crippen molar-refractivity contribution >= 4 is 26.8 Å². The van der Waals surface area contributed by atoms with Gasteiger partial charge in [0, 0.05) is 49.2 Å². The van der Waals surface area contributed by atoms with Crippen LogP contribution in [-0.2, 0) is 10.0 Å². The molecule has 3 rings (SSSR count). The molecule has 1 amide bonds. The van der Waals surface area contributed by atoms with Crippen LogP contribution in [0.1, 0.15) is 30.6 Å². The van der Waals surface area contributed by atoms with Gasteiger partial charge >= 0.3 is 0 Å². The maximum Gasteiger partial charge on any atom is 0.254 e. The number of rotatable bonds is 5. The summed E-state index contributed by atoms with van der Waals surface area (Å²) in [5.41, 5.74) is 6.09. The first-order valence-corrected chi connectivity index (χ1v) is 10.4. The number of fused-ring (bicyclic) bond motifs is 1. The molecule has 0 unspecified atom stereocenters. The van der Waals surface area contributed by atoms with Crippen LogP contribution < -0.4 is 11.3 Å². The largest absolute Gasteiger partial charge is 0.337 e. The van der Waals surface area contributed by atoms with E-state index in [2.05, 4.69) is 4.98 Å². The molecule has 0 bridgehead atoms. The molecular formula is C18H24N4O4S. The third-order valence-electron chi connectivity index (χ3n) is 4.90. The van der Waals surface area contributed by atoms with Crippen molar-refractivity contribution in [3.05, 3.63) is 40.2 Å². The van der Waals surface area contributed by atoms with Gasteiger partial charge in [-0.05, 0) is 24.6 Å². The van der Waals surface area contributed by atoms with Crippen LogP contribution in [0.15, 0.2) is 34.0 Å². The molecular weight excluding hydrogens is 368 g/mol. The normalized spacial score (nSPS) is 17.8. The van der Waals surface area contributed by atoms with E-state index in [0.29, 0.717) is 43.5 Å². The average Bonchev–Trinajstić information content (AvgIpc) is 3.07. The molecule has 1 aliphatic heterocycles. The number of H-pyrrole nitrogens is 1. The smallest absolute Gasteiger partial charge is 0.254 e. The van der Waals surface area contributed by atoms with Gasteiger partial charge in [0.15, 0.2) is 0 Å². The lowest BCUT2D eigenvalue weighted by molar-refractivity contribution is 0.0792. The molecule has 0 spiro atoms. The number of benzene rings is 1. The van der Waals surface area contributed by atoms with E-state index >= 15 is 0 Å². The molecule has 1 atom stereocenters. The zero-order valence-corrected chi connectivity index (χ0v) is 16.3. The molecule has 1 aromatic heterocycles. The van der Waals surface area contributed by atoms with Crippen molar-refractivity contribution in [1.82, 2.24) is 14.2 Å². The van der Waals surface area contributed by atoms with E-state index in [0.717, 1.165) is 0 Å². The Balaban J connectivity index is 2.14. The van der Waals surface area contributed by atoms with Crippen LogP contribution in [0.4, 0.5) is 0 Å². The molecule has 0 saturated carbocycles. The number of aromatic nitrogens is 1. The summed E-state index contributed by atoms with van der Waals surface area (Å²) in [5, 5.41) is 0.410. The monoisotopic (exact) mass is 392 g/mol. The summed E-state index contributed by atoms with van der Waals surface area (Å²) in [5.74, 6) is -0.309. The van der Waals surface area contributed by atoms with Crippen molar-refractivity contribution in [2.45, 2.75) is 31.2 Å². The van der Waals surface area contributed by atoms with E-state index < -0.39 is 15.6 Å². The highest BCUT2D eigenvalue weighted by Crippen LogP contribution is 2.24. The number of carbonyl (C=O) groups is 1. The first-order valence-electron chi connectivity index (χ1n) is 9.00. The van der Waals surface area contributed by atoms with Gasteiger partial charge in [0.05, 0.1) is 10.5 Å². The zero-order chi connectivity index (χ0) is 19.8. The van der Waals surface area contributed by atoms with Gasteiger partial charge in [0.25, 0.3) is 5.91 Å². The standard InChI is InChI=1S/C18H24N4O4S/c1-3-22(4-2)27(25,26)13-5-6-16-14(9-13)15(10-17(23)20-16)18(24)21-8-7-12(19)11-21/h5-6,9-10,12H,3-4,7-8,11,19H2,1-2H3,(H,20,23)/t12-/m1/s1. The molecule has 8 nitrogen and oxygen atoms in total. The topological polar surface area (TPSA) is 117 Å². The molecule has 27 heavy (non-hydrogen) atoms. The molecule has 2 heterocycles. The van der Waals surface area contributed by atoms with Gasteiger partial charge in [0.2, 0.25) is 15.6 Å². The number of carbonyl (C=O) groups excluding carboxylic acids is 1. The number of aromatic amines is 1. The second-order valence-corrected chi connectivity index (χ2v) is 8.58. The molecule has 0 aliphatic carbocycles. The Morgan fingerprint density at radius 1 is 1.30 bits per heavy atom. The number of hydrogen-bond donors (Lipinski definition) is 2. The summed E-state index contributed by atoms with van der Waals surface area (Å²) in [6.45, 7) is 5.17. The van der Waals surface area contributed by atoms with Gasteiger partial charge in [-0.25, -0.2) is 8.42 Å². The van der Waals surface area contributed by atoms with E-state index in [1.165, 1.54) is 28.6 Å². The third kappa shape index (κ3) is 3.62. The molecule has 1 aliphatic rings. The quantitative estimate of drug-likeness (QED) is 0.778. The molecule has 9 heteroatoms. The Kier molecular flexibility index (Phi) is 5.36. The third-order valence-corrected chi connectivity index (χ3v) is 6.95. The lowest BCUT2D eigenvalue weighted by atomic mass is 10.1. The minimum absolute atomic E-state index is 0.0826. The highest BCUT2D eigenvalue weighted by molar-refractivity contribution is 7.89. The Morgan fingerprint density at radius 2 is 2.00 bits per heavy atom. The van der Waals surface area contributed by atoms with Gasteiger partial charge < -0.3 is 15.6 Å². The Labute approximate surface area is 158 Å². The number of likely N-dealkylation sites (tertiary alicyclic amines) is 1. The number of sulfonamides is 1. The lowest BCUT2D eigenvalue weighted by Crippen LogP contribution is -2.33. The van der Waals surface area contributed by atoms with Gasteiger partial charge in [0.1, 0.15) is 0 Å². The van der Waals surface area contributed by atoms with Gasteiger partial charge in [-0.3, -0.25) is 9.59 Å². The van der Waals surface area contributed by atoms with E-state index in [1.807, 2.05) is 0 Å². The van der Waals surface area contributed by atoms with Crippen LogP contribution in [0.3, 0.4) is 0 Å². The molecule has 1 aromatic carbocycles. The second kappa shape index (κ2) is 7.41. The van der Waals surface area contributed by atoms with Crippen LogP contribution in [0.25, 0.3) is 10.9 Å². The van der Waals surface area contributed by atoms with Gasteiger partial charge in [-0.15, -0.1) is 0 Å². The number of nitrogens with zero attached hydrogens (tertiary/aromatic N) is 2. The van der Waals surface area contributed by atoms with Crippen LogP contribution in [0.2, 0.25) is 0 Å². The molecule has 1 fully saturated rings. The number of amides is 1. The van der Waals surface area contributed by atoms with Crippen LogP contribution >= 0.6 is 0 Å². The minimum atomic E-state index is -3.68. The molecule has 0 radical (unpaired) electrons. The predicted octanol–water partition coefficient (Wildman–Crippen LogP) is 0.732. The highest BCUT2D eigenvalue weighted by atomic mass is 32.2. The summed E-state index contributed by atoms with van der Waals surface area (Å²) in [6, 6.07) is 5.58. The van der Waals surface area contributed by atoms with E-state index in [9.17, 15) is 18.0 Å². The van der Waals surface area contributed by atoms with Gasteiger partial charge in [-0.2, -0.15) is 4.31 Å². The minimum Gasteiger partial charge on any atom is -0.337 e. The number of pyridine rings is 1. The fourth-order valence-corrected chi connectivity index (χ4v) is 4.91. The number of nitrogens with one attached hydrogen (secondary N) is 1. The molecule has 3 N–H and O–H groups in total. The first-order chi connectivity index (χ1) is 12.8. The van der Waals surface area contributed by atoms with Crippen molar-refractivity contribution in [2.24, 2.45) is 5.73 Å². The van der Waals surface area contributed by atoms with Crippen LogP contribution in [0.5, 0.6) is 0 Å². The second-order valence-electron chi connectivity index (χ2n) is 6.64. The number of hydrogen-bond acceptors (Lipinski definition) is 5. The fourth-order valence-electron chi connectivity index (χ4n) is 3.42. The van der Waals surface area contributed by atoms with Crippen molar-refractivity contribution < 1.29 is 13.2 Å². The lowest BCUT2D eigenvalue weighted by Gasteiger charge is -2.20. The highest BCUT2D eigenvalue weighted by Gasteiger charge is 2.27. The van der Waals surface area contributed by atoms with Crippen molar-refractivity contribution in [3.63, 3.8) is 0 Å². The first kappa shape index (κ1) is 19.5. The van der Waals surface area contributed by atoms with E-state index in [4.69, 9.17) is 5.73 Å². The van der Waals surface area contributed by atoms with Gasteiger partial charge in [-0.1, -0.05) is 13.8 Å². The maximum absolute atomic E-state index is 12.9. The molecule has 2 aromatic rings. The Morgan fingerprint density at radius 3 is 2.59 bits per heavy atom. The van der Waals surface area contributed by atoms with Crippen molar-refractivity contribution in [2.75, 3.05) is 26.2 Å². The summed E-state index contributed by atoms with van der Waals surface area (Å²) in [6.07, 6.45) is 0.703. The maximum atomic E-state index is 12.9. The Bertz CT molecular complexity index is 1030. The predicted molar refractivity (Wildman–Crippen MR) is 103 cm³/mol. The van der Waals surface area contributed by atoms with Crippen LogP contribution in [-0.4, -0.2) is 60.7 Å². The molecule has 146 valence electrons. The van der Waals surface area contributed by atoms with Crippen molar-refractivity contribution in [3.8, 4) is 0 Å². The fraction of sp³-hybridized carbons (Fsp3) is 0.444. The summed E-state index contributed by atoms with van der Waals surface area (Å²) in [4.78, 5) is 29.3. The summed E-state index contributed by atoms with van der Waals surface area (Å²) >= 11 is 0. The SMILES string of the molecule is CCN(CC)S(=O)(=O)c1ccc2[nH]c(=O)cc(C(=O)N3CC[C@@H](N)C3)c2c1. The van der Waals surface area contributed by atoms with Crippen molar-refractivity contribution in [1.29, 1.82) is 0 Å².